The summed E-state index contributed by atoms with van der Waals surface area (Å²) in [6.07, 6.45) is 0. The second-order valence-electron chi connectivity index (χ2n) is 2.20. The zero-order valence-corrected chi connectivity index (χ0v) is 7.15. The summed E-state index contributed by atoms with van der Waals surface area (Å²) in [7, 11) is 1.37. The van der Waals surface area contributed by atoms with Crippen LogP contribution in [0.5, 0.6) is 5.75 Å². The molecule has 0 saturated heterocycles. The first-order valence-corrected chi connectivity index (χ1v) is 3.52. The van der Waals surface area contributed by atoms with E-state index in [1.54, 1.807) is 0 Å². The van der Waals surface area contributed by atoms with Crippen LogP contribution in [0.1, 0.15) is 0 Å². The smallest absolute Gasteiger partial charge is 0.151 e. The maximum atomic E-state index is 12.9. The van der Waals surface area contributed by atoms with Crippen LogP contribution in [0.25, 0.3) is 0 Å². The summed E-state index contributed by atoms with van der Waals surface area (Å²) in [6, 6.07) is 1.09. The van der Waals surface area contributed by atoms with Gasteiger partial charge in [-0.3, -0.25) is 0 Å². The van der Waals surface area contributed by atoms with E-state index < -0.39 is 5.82 Å². The minimum Gasteiger partial charge on any atom is -0.495 e. The Morgan fingerprint density at radius 2 is 2.00 bits per heavy atom. The maximum Gasteiger partial charge on any atom is 0.151 e. The fraction of sp³-hybridized carbons (Fsp3) is 0.143. The number of benzene rings is 1. The molecule has 0 amide bonds. The number of ether oxygens (including phenoxy) is 1. The SMILES string of the molecule is COc1cc(F)c(N)c(N)c1Cl. The van der Waals surface area contributed by atoms with Crippen LogP contribution in [0, 0.1) is 5.82 Å². The number of methoxy groups -OCH3 is 1. The molecule has 3 nitrogen and oxygen atoms in total. The Morgan fingerprint density at radius 1 is 1.42 bits per heavy atom. The topological polar surface area (TPSA) is 61.3 Å². The first kappa shape index (κ1) is 8.93. The second kappa shape index (κ2) is 3.06. The van der Waals surface area contributed by atoms with Crippen molar-refractivity contribution in [1.29, 1.82) is 0 Å². The molecular weight excluding hydrogens is 183 g/mol. The number of rotatable bonds is 1. The third-order valence-electron chi connectivity index (χ3n) is 1.48. The highest BCUT2D eigenvalue weighted by molar-refractivity contribution is 6.35. The first-order valence-electron chi connectivity index (χ1n) is 3.15. The monoisotopic (exact) mass is 190 g/mol. The van der Waals surface area contributed by atoms with Crippen molar-refractivity contribution in [3.63, 3.8) is 0 Å². The number of nitrogen functional groups attached to an aromatic ring is 2. The number of anilines is 2. The molecule has 1 aromatic carbocycles. The van der Waals surface area contributed by atoms with Crippen molar-refractivity contribution >= 4 is 23.0 Å². The normalized spacial score (nSPS) is 9.92. The van der Waals surface area contributed by atoms with E-state index in [0.29, 0.717) is 0 Å². The fourth-order valence-electron chi connectivity index (χ4n) is 0.784. The van der Waals surface area contributed by atoms with Crippen LogP contribution in [-0.2, 0) is 0 Å². The molecule has 0 spiro atoms. The van der Waals surface area contributed by atoms with Gasteiger partial charge in [0.2, 0.25) is 0 Å². The molecule has 0 unspecified atom stereocenters. The van der Waals surface area contributed by atoms with Crippen LogP contribution >= 0.6 is 11.6 Å². The lowest BCUT2D eigenvalue weighted by atomic mass is 10.2. The van der Waals surface area contributed by atoms with E-state index in [-0.39, 0.29) is 22.1 Å². The van der Waals surface area contributed by atoms with Gasteiger partial charge in [0, 0.05) is 6.07 Å². The Kier molecular flexibility index (Phi) is 2.28. The molecule has 12 heavy (non-hydrogen) atoms. The molecule has 0 aliphatic heterocycles. The van der Waals surface area contributed by atoms with Gasteiger partial charge in [0.05, 0.1) is 18.5 Å². The van der Waals surface area contributed by atoms with Crippen molar-refractivity contribution in [3.05, 3.63) is 16.9 Å². The molecule has 0 aliphatic rings. The lowest BCUT2D eigenvalue weighted by molar-refractivity contribution is 0.412. The van der Waals surface area contributed by atoms with Crippen molar-refractivity contribution in [1.82, 2.24) is 0 Å². The third-order valence-corrected chi connectivity index (χ3v) is 1.87. The molecule has 5 heteroatoms. The molecule has 1 aromatic rings. The van der Waals surface area contributed by atoms with E-state index in [9.17, 15) is 4.39 Å². The third kappa shape index (κ3) is 1.25. The van der Waals surface area contributed by atoms with Crippen molar-refractivity contribution in [3.8, 4) is 5.75 Å². The van der Waals surface area contributed by atoms with E-state index >= 15 is 0 Å². The van der Waals surface area contributed by atoms with Crippen LogP contribution in [0.15, 0.2) is 6.07 Å². The van der Waals surface area contributed by atoms with Gasteiger partial charge in [0.25, 0.3) is 0 Å². The lowest BCUT2D eigenvalue weighted by Gasteiger charge is -2.08. The summed E-state index contributed by atoms with van der Waals surface area (Å²) < 4.78 is 17.6. The van der Waals surface area contributed by atoms with E-state index in [1.807, 2.05) is 0 Å². The zero-order valence-electron chi connectivity index (χ0n) is 6.40. The highest BCUT2D eigenvalue weighted by Gasteiger charge is 2.12. The summed E-state index contributed by atoms with van der Waals surface area (Å²) in [6.45, 7) is 0. The van der Waals surface area contributed by atoms with Gasteiger partial charge in [-0.25, -0.2) is 4.39 Å². The van der Waals surface area contributed by atoms with Crippen LogP contribution in [0.3, 0.4) is 0 Å². The van der Waals surface area contributed by atoms with E-state index in [1.165, 1.54) is 7.11 Å². The van der Waals surface area contributed by atoms with Gasteiger partial charge in [0.1, 0.15) is 10.8 Å². The van der Waals surface area contributed by atoms with Gasteiger partial charge >= 0.3 is 0 Å². The number of nitrogens with two attached hydrogens (primary N) is 2. The average molecular weight is 191 g/mol. The minimum absolute atomic E-state index is 0.00789. The van der Waals surface area contributed by atoms with Gasteiger partial charge < -0.3 is 16.2 Å². The second-order valence-corrected chi connectivity index (χ2v) is 2.58. The quantitative estimate of drug-likeness (QED) is 0.662. The summed E-state index contributed by atoms with van der Waals surface area (Å²) >= 11 is 5.67. The van der Waals surface area contributed by atoms with Gasteiger partial charge in [-0.2, -0.15) is 0 Å². The minimum atomic E-state index is -0.631. The van der Waals surface area contributed by atoms with E-state index in [2.05, 4.69) is 0 Å². The van der Waals surface area contributed by atoms with Crippen molar-refractivity contribution in [2.45, 2.75) is 0 Å². The van der Waals surface area contributed by atoms with Crippen LogP contribution in [0.2, 0.25) is 5.02 Å². The number of halogens is 2. The fourth-order valence-corrected chi connectivity index (χ4v) is 1.02. The van der Waals surface area contributed by atoms with Crippen molar-refractivity contribution in [2.75, 3.05) is 18.6 Å². The van der Waals surface area contributed by atoms with Crippen LogP contribution < -0.4 is 16.2 Å². The molecule has 1 rings (SSSR count). The average Bonchev–Trinajstić information content (AvgIpc) is 2.08. The zero-order chi connectivity index (χ0) is 9.30. The predicted octanol–water partition coefficient (Wildman–Crippen LogP) is 1.65. The first-order chi connectivity index (χ1) is 5.57. The molecule has 0 saturated carbocycles. The van der Waals surface area contributed by atoms with Gasteiger partial charge in [-0.05, 0) is 0 Å². The number of hydrogen-bond donors (Lipinski definition) is 2. The molecule has 0 fully saturated rings. The van der Waals surface area contributed by atoms with Crippen molar-refractivity contribution < 1.29 is 9.13 Å². The van der Waals surface area contributed by atoms with Crippen LogP contribution in [-0.4, -0.2) is 7.11 Å². The molecule has 0 aromatic heterocycles. The summed E-state index contributed by atoms with van der Waals surface area (Å²) in [5.74, 6) is -0.449. The maximum absolute atomic E-state index is 12.9. The van der Waals surface area contributed by atoms with Crippen molar-refractivity contribution in [2.24, 2.45) is 0 Å². The Hall–Kier alpha value is -1.16. The highest BCUT2D eigenvalue weighted by Crippen LogP contribution is 2.35. The molecule has 4 N–H and O–H groups in total. The Bertz CT molecular complexity index is 317. The van der Waals surface area contributed by atoms with E-state index in [0.717, 1.165) is 6.07 Å². The molecule has 0 bridgehead atoms. The summed E-state index contributed by atoms with van der Waals surface area (Å²) in [5.41, 5.74) is 10.5. The van der Waals surface area contributed by atoms with E-state index in [4.69, 9.17) is 27.8 Å². The van der Waals surface area contributed by atoms with Gasteiger partial charge in [-0.15, -0.1) is 0 Å². The molecule has 0 radical (unpaired) electrons. The van der Waals surface area contributed by atoms with Gasteiger partial charge in [-0.1, -0.05) is 11.6 Å². The Labute approximate surface area is 74.1 Å². The molecule has 66 valence electrons. The van der Waals surface area contributed by atoms with Crippen LogP contribution in [0.4, 0.5) is 15.8 Å². The molecule has 0 aliphatic carbocycles. The summed E-state index contributed by atoms with van der Waals surface area (Å²) in [5, 5.41) is 0.136. The Balaban J connectivity index is 3.39. The standard InChI is InChI=1S/C7H8ClFN2O/c1-12-4-2-3(9)6(10)7(11)5(4)8/h2H,10-11H2,1H3. The summed E-state index contributed by atoms with van der Waals surface area (Å²) in [4.78, 5) is 0. The van der Waals surface area contributed by atoms with Gasteiger partial charge in [0.15, 0.2) is 5.82 Å². The predicted molar refractivity (Wildman–Crippen MR) is 46.8 cm³/mol. The Morgan fingerprint density at radius 3 is 2.50 bits per heavy atom. The number of hydrogen-bond acceptors (Lipinski definition) is 3. The largest absolute Gasteiger partial charge is 0.495 e. The molecular formula is C7H8ClFN2O. The lowest BCUT2D eigenvalue weighted by Crippen LogP contribution is -2.00. The molecule has 0 heterocycles. The highest BCUT2D eigenvalue weighted by atomic mass is 35.5. The molecule has 0 atom stereocenters.